The Balaban J connectivity index is 0.00000300. The van der Waals surface area contributed by atoms with Crippen molar-refractivity contribution in [2.75, 3.05) is 31.1 Å². The summed E-state index contributed by atoms with van der Waals surface area (Å²) in [4.78, 5) is 11.3. The van der Waals surface area contributed by atoms with Gasteiger partial charge < -0.3 is 20.6 Å². The van der Waals surface area contributed by atoms with Crippen LogP contribution in [0.25, 0.3) is 0 Å². The fourth-order valence-electron chi connectivity index (χ4n) is 3.33. The monoisotopic (exact) mass is 529 g/mol. The summed E-state index contributed by atoms with van der Waals surface area (Å²) in [5.41, 5.74) is 0.701. The molecule has 1 aliphatic rings. The molecule has 0 saturated carbocycles. The van der Waals surface area contributed by atoms with E-state index in [-0.39, 0.29) is 30.5 Å². The van der Waals surface area contributed by atoms with E-state index in [9.17, 15) is 5.11 Å². The summed E-state index contributed by atoms with van der Waals surface area (Å²) in [6, 6.07) is 13.7. The summed E-state index contributed by atoms with van der Waals surface area (Å²) in [7, 11) is 0. The van der Waals surface area contributed by atoms with Gasteiger partial charge in [0, 0.05) is 42.5 Å². The largest absolute Gasteiger partial charge is 0.386 e. The van der Waals surface area contributed by atoms with Crippen molar-refractivity contribution >= 4 is 47.4 Å². The number of aliphatic hydroxyl groups is 1. The van der Waals surface area contributed by atoms with Crippen LogP contribution in [0.5, 0.6) is 0 Å². The van der Waals surface area contributed by atoms with Gasteiger partial charge in [-0.1, -0.05) is 35.9 Å². The standard InChI is InChI=1S/C21H28ClN5O.HI/c1-2-23-21(25-15-19(28)17-7-3-4-8-18(17)22)26-16-10-13-27(14-11-16)20-9-5-6-12-24-20;/h3-9,12,16,19,28H,2,10-11,13-15H2,1H3,(H2,23,25,26);1H. The highest BCUT2D eigenvalue weighted by Crippen LogP contribution is 2.22. The number of nitrogens with zero attached hydrogens (tertiary/aromatic N) is 3. The van der Waals surface area contributed by atoms with Crippen LogP contribution in [0.2, 0.25) is 5.02 Å². The molecule has 0 bridgehead atoms. The summed E-state index contributed by atoms with van der Waals surface area (Å²) >= 11 is 6.17. The molecule has 8 heteroatoms. The van der Waals surface area contributed by atoms with E-state index in [1.807, 2.05) is 43.5 Å². The molecule has 158 valence electrons. The molecule has 0 radical (unpaired) electrons. The Morgan fingerprint density at radius 2 is 1.97 bits per heavy atom. The van der Waals surface area contributed by atoms with Crippen LogP contribution in [0.3, 0.4) is 0 Å². The van der Waals surface area contributed by atoms with E-state index in [1.54, 1.807) is 6.07 Å². The summed E-state index contributed by atoms with van der Waals surface area (Å²) in [5.74, 6) is 1.76. The fraction of sp³-hybridized carbons (Fsp3) is 0.429. The topological polar surface area (TPSA) is 72.8 Å². The van der Waals surface area contributed by atoms with E-state index in [4.69, 9.17) is 11.6 Å². The molecule has 0 amide bonds. The molecular weight excluding hydrogens is 501 g/mol. The number of guanidine groups is 1. The average molecular weight is 530 g/mol. The quantitative estimate of drug-likeness (QED) is 0.303. The number of benzene rings is 1. The van der Waals surface area contributed by atoms with Gasteiger partial charge >= 0.3 is 0 Å². The maximum atomic E-state index is 10.4. The second kappa shape index (κ2) is 12.2. The van der Waals surface area contributed by atoms with Crippen molar-refractivity contribution in [3.63, 3.8) is 0 Å². The zero-order valence-electron chi connectivity index (χ0n) is 16.6. The Labute approximate surface area is 194 Å². The molecule has 1 unspecified atom stereocenters. The maximum absolute atomic E-state index is 10.4. The van der Waals surface area contributed by atoms with Gasteiger partial charge in [0.1, 0.15) is 11.9 Å². The maximum Gasteiger partial charge on any atom is 0.191 e. The van der Waals surface area contributed by atoms with Crippen molar-refractivity contribution < 1.29 is 5.11 Å². The number of rotatable bonds is 6. The first-order valence-electron chi connectivity index (χ1n) is 9.80. The van der Waals surface area contributed by atoms with Crippen molar-refractivity contribution in [3.8, 4) is 0 Å². The molecule has 6 nitrogen and oxygen atoms in total. The first-order valence-corrected chi connectivity index (χ1v) is 10.2. The Kier molecular flexibility index (Phi) is 9.96. The Morgan fingerprint density at radius 1 is 1.24 bits per heavy atom. The molecule has 0 spiro atoms. The van der Waals surface area contributed by atoms with E-state index in [2.05, 4.69) is 31.6 Å². The van der Waals surface area contributed by atoms with Gasteiger partial charge in [-0.25, -0.2) is 4.98 Å². The summed E-state index contributed by atoms with van der Waals surface area (Å²) in [6.07, 6.45) is 3.12. The molecule has 0 aliphatic carbocycles. The number of halogens is 2. The van der Waals surface area contributed by atoms with Gasteiger partial charge in [-0.3, -0.25) is 4.99 Å². The third kappa shape index (κ3) is 7.01. The molecule has 2 aromatic rings. The number of aromatic nitrogens is 1. The number of aliphatic imine (C=N–C) groups is 1. The lowest BCUT2D eigenvalue weighted by molar-refractivity contribution is 0.187. The van der Waals surface area contributed by atoms with Crippen molar-refractivity contribution in [3.05, 3.63) is 59.2 Å². The van der Waals surface area contributed by atoms with Gasteiger partial charge in [-0.05, 0) is 38.0 Å². The minimum absolute atomic E-state index is 0. The predicted molar refractivity (Wildman–Crippen MR) is 130 cm³/mol. The molecule has 1 aromatic carbocycles. The van der Waals surface area contributed by atoms with Crippen LogP contribution in [-0.2, 0) is 0 Å². The number of hydrogen-bond donors (Lipinski definition) is 3. The normalized spacial score (nSPS) is 16.1. The van der Waals surface area contributed by atoms with Crippen molar-refractivity contribution in [2.45, 2.75) is 31.9 Å². The van der Waals surface area contributed by atoms with Gasteiger partial charge in [0.15, 0.2) is 5.96 Å². The molecule has 2 heterocycles. The lowest BCUT2D eigenvalue weighted by Gasteiger charge is -2.33. The number of piperidine rings is 1. The SMILES string of the molecule is CCNC(=NCC(O)c1ccccc1Cl)NC1CCN(c2ccccn2)CC1.I. The summed E-state index contributed by atoms with van der Waals surface area (Å²) in [5, 5.41) is 17.7. The van der Waals surface area contributed by atoms with E-state index >= 15 is 0 Å². The average Bonchev–Trinajstić information content (AvgIpc) is 2.73. The first-order chi connectivity index (χ1) is 13.7. The summed E-state index contributed by atoms with van der Waals surface area (Å²) < 4.78 is 0. The van der Waals surface area contributed by atoms with E-state index in [0.29, 0.717) is 16.6 Å². The molecule has 1 atom stereocenters. The van der Waals surface area contributed by atoms with Crippen LogP contribution in [0.1, 0.15) is 31.4 Å². The first kappa shape index (κ1) is 23.7. The highest BCUT2D eigenvalue weighted by Gasteiger charge is 2.21. The molecule has 3 rings (SSSR count). The molecule has 3 N–H and O–H groups in total. The minimum atomic E-state index is -0.727. The van der Waals surface area contributed by atoms with Crippen LogP contribution in [0, 0.1) is 0 Å². The van der Waals surface area contributed by atoms with Crippen LogP contribution in [0.15, 0.2) is 53.7 Å². The molecule has 1 aromatic heterocycles. The van der Waals surface area contributed by atoms with Crippen LogP contribution < -0.4 is 15.5 Å². The van der Waals surface area contributed by atoms with Crippen molar-refractivity contribution in [1.29, 1.82) is 0 Å². The minimum Gasteiger partial charge on any atom is -0.386 e. The highest BCUT2D eigenvalue weighted by molar-refractivity contribution is 14.0. The zero-order valence-corrected chi connectivity index (χ0v) is 19.7. The lowest BCUT2D eigenvalue weighted by atomic mass is 10.1. The van der Waals surface area contributed by atoms with Gasteiger partial charge in [0.25, 0.3) is 0 Å². The lowest BCUT2D eigenvalue weighted by Crippen LogP contribution is -2.49. The fourth-order valence-corrected chi connectivity index (χ4v) is 3.59. The third-order valence-corrected chi connectivity index (χ3v) is 5.18. The third-order valence-electron chi connectivity index (χ3n) is 4.84. The molecular formula is C21H29ClIN5O. The van der Waals surface area contributed by atoms with Crippen LogP contribution >= 0.6 is 35.6 Å². The molecule has 29 heavy (non-hydrogen) atoms. The van der Waals surface area contributed by atoms with E-state index in [1.165, 1.54) is 0 Å². The number of hydrogen-bond acceptors (Lipinski definition) is 4. The number of anilines is 1. The van der Waals surface area contributed by atoms with E-state index < -0.39 is 6.10 Å². The molecule has 1 aliphatic heterocycles. The Bertz CT molecular complexity index is 769. The number of nitrogens with one attached hydrogen (secondary N) is 2. The number of pyridine rings is 1. The second-order valence-electron chi connectivity index (χ2n) is 6.85. The van der Waals surface area contributed by atoms with Gasteiger partial charge in [0.2, 0.25) is 0 Å². The predicted octanol–water partition coefficient (Wildman–Crippen LogP) is 3.61. The van der Waals surface area contributed by atoms with Crippen molar-refractivity contribution in [1.82, 2.24) is 15.6 Å². The van der Waals surface area contributed by atoms with Crippen LogP contribution in [0.4, 0.5) is 5.82 Å². The van der Waals surface area contributed by atoms with E-state index in [0.717, 1.165) is 44.3 Å². The van der Waals surface area contributed by atoms with Crippen LogP contribution in [-0.4, -0.2) is 48.3 Å². The van der Waals surface area contributed by atoms with Gasteiger partial charge in [-0.15, -0.1) is 24.0 Å². The second-order valence-corrected chi connectivity index (χ2v) is 7.26. The summed E-state index contributed by atoms with van der Waals surface area (Å²) in [6.45, 7) is 4.96. The van der Waals surface area contributed by atoms with Gasteiger partial charge in [-0.2, -0.15) is 0 Å². The molecule has 1 fully saturated rings. The van der Waals surface area contributed by atoms with Gasteiger partial charge in [0.05, 0.1) is 6.54 Å². The Morgan fingerprint density at radius 3 is 2.62 bits per heavy atom. The highest BCUT2D eigenvalue weighted by atomic mass is 127. The number of aliphatic hydroxyl groups excluding tert-OH is 1. The Hall–Kier alpha value is -1.58. The molecule has 1 saturated heterocycles. The zero-order chi connectivity index (χ0) is 19.8. The smallest absolute Gasteiger partial charge is 0.191 e. The van der Waals surface area contributed by atoms with Crippen molar-refractivity contribution in [2.24, 2.45) is 4.99 Å².